The first-order chi connectivity index (χ1) is 8.99. The van der Waals surface area contributed by atoms with Crippen molar-refractivity contribution in [2.24, 2.45) is 5.73 Å². The third-order valence-corrected chi connectivity index (χ3v) is 4.11. The summed E-state index contributed by atoms with van der Waals surface area (Å²) in [6.07, 6.45) is 5.77. The standard InChI is InChI=1S/C16H26N2O/c1-13-7-8-15(19)14(11-13)12-16(2,17)18-9-5-3-4-6-10-18/h7-8,11,19H,3-6,9-10,12,17H2,1-2H3. The van der Waals surface area contributed by atoms with Crippen LogP contribution < -0.4 is 5.73 Å². The summed E-state index contributed by atoms with van der Waals surface area (Å²) in [4.78, 5) is 2.38. The Labute approximate surface area is 116 Å². The molecule has 1 aromatic rings. The lowest BCUT2D eigenvalue weighted by molar-refractivity contribution is 0.112. The molecule has 106 valence electrons. The summed E-state index contributed by atoms with van der Waals surface area (Å²) in [7, 11) is 0. The summed E-state index contributed by atoms with van der Waals surface area (Å²) in [6.45, 7) is 6.27. The molecule has 1 aliphatic heterocycles. The number of rotatable bonds is 3. The van der Waals surface area contributed by atoms with E-state index in [-0.39, 0.29) is 5.66 Å². The van der Waals surface area contributed by atoms with Crippen LogP contribution in [-0.2, 0) is 6.42 Å². The number of nitrogens with zero attached hydrogens (tertiary/aromatic N) is 1. The highest BCUT2D eigenvalue weighted by Gasteiger charge is 2.28. The van der Waals surface area contributed by atoms with Gasteiger partial charge in [0.25, 0.3) is 0 Å². The molecule has 0 spiro atoms. The first-order valence-electron chi connectivity index (χ1n) is 7.31. The van der Waals surface area contributed by atoms with Crippen molar-refractivity contribution in [3.05, 3.63) is 29.3 Å². The largest absolute Gasteiger partial charge is 0.508 e. The Morgan fingerprint density at radius 1 is 1.21 bits per heavy atom. The number of aryl methyl sites for hydroxylation is 1. The van der Waals surface area contributed by atoms with E-state index in [0.29, 0.717) is 12.2 Å². The topological polar surface area (TPSA) is 49.5 Å². The molecule has 0 radical (unpaired) electrons. The fraction of sp³-hybridized carbons (Fsp3) is 0.625. The molecule has 0 saturated carbocycles. The zero-order valence-corrected chi connectivity index (χ0v) is 12.2. The molecule has 1 atom stereocenters. The Kier molecular flexibility index (Phi) is 4.48. The molecule has 1 aliphatic rings. The molecule has 2 rings (SSSR count). The van der Waals surface area contributed by atoms with Crippen LogP contribution in [0.3, 0.4) is 0 Å². The molecule has 19 heavy (non-hydrogen) atoms. The van der Waals surface area contributed by atoms with Gasteiger partial charge in [0, 0.05) is 6.42 Å². The second kappa shape index (κ2) is 5.93. The Morgan fingerprint density at radius 3 is 2.47 bits per heavy atom. The molecule has 3 nitrogen and oxygen atoms in total. The second-order valence-electron chi connectivity index (χ2n) is 6.07. The average Bonchev–Trinajstić information content (AvgIpc) is 2.63. The fourth-order valence-electron chi connectivity index (χ4n) is 2.93. The molecule has 1 unspecified atom stereocenters. The van der Waals surface area contributed by atoms with Gasteiger partial charge in [-0.2, -0.15) is 0 Å². The minimum Gasteiger partial charge on any atom is -0.508 e. The minimum absolute atomic E-state index is 0.358. The van der Waals surface area contributed by atoms with Crippen LogP contribution in [-0.4, -0.2) is 28.8 Å². The Morgan fingerprint density at radius 2 is 1.84 bits per heavy atom. The summed E-state index contributed by atoms with van der Waals surface area (Å²) in [5.41, 5.74) is 8.27. The molecule has 1 fully saturated rings. The maximum Gasteiger partial charge on any atom is 0.118 e. The number of hydrogen-bond donors (Lipinski definition) is 2. The van der Waals surface area contributed by atoms with Crippen molar-refractivity contribution in [2.75, 3.05) is 13.1 Å². The molecular formula is C16H26N2O. The van der Waals surface area contributed by atoms with Crippen LogP contribution in [0.2, 0.25) is 0 Å². The normalized spacial score (nSPS) is 20.8. The average molecular weight is 262 g/mol. The van der Waals surface area contributed by atoms with E-state index in [1.807, 2.05) is 19.1 Å². The molecule has 1 saturated heterocycles. The maximum absolute atomic E-state index is 9.98. The zero-order chi connectivity index (χ0) is 13.9. The highest BCUT2D eigenvalue weighted by molar-refractivity contribution is 5.36. The van der Waals surface area contributed by atoms with Gasteiger partial charge in [-0.15, -0.1) is 0 Å². The molecule has 3 N–H and O–H groups in total. The first kappa shape index (κ1) is 14.4. The van der Waals surface area contributed by atoms with Gasteiger partial charge in [-0.1, -0.05) is 30.5 Å². The van der Waals surface area contributed by atoms with E-state index in [4.69, 9.17) is 5.73 Å². The third-order valence-electron chi connectivity index (χ3n) is 4.11. The van der Waals surface area contributed by atoms with Crippen molar-refractivity contribution in [3.8, 4) is 5.75 Å². The maximum atomic E-state index is 9.98. The van der Waals surface area contributed by atoms with Gasteiger partial charge in [-0.3, -0.25) is 4.90 Å². The van der Waals surface area contributed by atoms with Gasteiger partial charge in [0.05, 0.1) is 5.66 Å². The van der Waals surface area contributed by atoms with Crippen LogP contribution in [0.5, 0.6) is 5.75 Å². The molecule has 0 aromatic heterocycles. The van der Waals surface area contributed by atoms with E-state index in [2.05, 4.69) is 11.8 Å². The van der Waals surface area contributed by atoms with Crippen molar-refractivity contribution in [1.82, 2.24) is 4.90 Å². The van der Waals surface area contributed by atoms with Crippen LogP contribution in [0.4, 0.5) is 0 Å². The Balaban J connectivity index is 2.12. The highest BCUT2D eigenvalue weighted by Crippen LogP contribution is 2.25. The van der Waals surface area contributed by atoms with E-state index >= 15 is 0 Å². The Hall–Kier alpha value is -1.06. The fourth-order valence-corrected chi connectivity index (χ4v) is 2.93. The van der Waals surface area contributed by atoms with E-state index in [1.54, 1.807) is 6.07 Å². The number of phenolic OH excluding ortho intramolecular Hbond substituents is 1. The number of nitrogens with two attached hydrogens (primary N) is 1. The van der Waals surface area contributed by atoms with Crippen molar-refractivity contribution in [3.63, 3.8) is 0 Å². The van der Waals surface area contributed by atoms with Gasteiger partial charge in [0.2, 0.25) is 0 Å². The SMILES string of the molecule is Cc1ccc(O)c(CC(C)(N)N2CCCCCC2)c1. The number of phenols is 1. The van der Waals surface area contributed by atoms with Crippen LogP contribution >= 0.6 is 0 Å². The lowest BCUT2D eigenvalue weighted by Crippen LogP contribution is -2.55. The molecule has 1 heterocycles. The predicted molar refractivity (Wildman–Crippen MR) is 79.2 cm³/mol. The summed E-state index contributed by atoms with van der Waals surface area (Å²) < 4.78 is 0. The van der Waals surface area contributed by atoms with Crippen LogP contribution in [0.15, 0.2) is 18.2 Å². The Bertz CT molecular complexity index is 421. The summed E-state index contributed by atoms with van der Waals surface area (Å²) in [5.74, 6) is 0.358. The van der Waals surface area contributed by atoms with E-state index < -0.39 is 0 Å². The van der Waals surface area contributed by atoms with Crippen molar-refractivity contribution >= 4 is 0 Å². The monoisotopic (exact) mass is 262 g/mol. The van der Waals surface area contributed by atoms with Crippen LogP contribution in [0.1, 0.15) is 43.7 Å². The predicted octanol–water partition coefficient (Wildman–Crippen LogP) is 2.79. The first-order valence-corrected chi connectivity index (χ1v) is 7.31. The van der Waals surface area contributed by atoms with Gasteiger partial charge in [0.15, 0.2) is 0 Å². The smallest absolute Gasteiger partial charge is 0.118 e. The molecule has 1 aromatic carbocycles. The van der Waals surface area contributed by atoms with E-state index in [0.717, 1.165) is 18.7 Å². The third kappa shape index (κ3) is 3.71. The number of benzene rings is 1. The summed E-state index contributed by atoms with van der Waals surface area (Å²) in [5, 5.41) is 9.98. The quantitative estimate of drug-likeness (QED) is 0.880. The van der Waals surface area contributed by atoms with Crippen LogP contribution in [0.25, 0.3) is 0 Å². The van der Waals surface area contributed by atoms with Gasteiger partial charge in [-0.05, 0) is 51.4 Å². The summed E-state index contributed by atoms with van der Waals surface area (Å²) >= 11 is 0. The van der Waals surface area contributed by atoms with E-state index in [1.165, 1.54) is 31.2 Å². The van der Waals surface area contributed by atoms with Gasteiger partial charge in [0.1, 0.15) is 5.75 Å². The molecule has 0 aliphatic carbocycles. The van der Waals surface area contributed by atoms with Gasteiger partial charge >= 0.3 is 0 Å². The number of hydrogen-bond acceptors (Lipinski definition) is 3. The molecular weight excluding hydrogens is 236 g/mol. The summed E-state index contributed by atoms with van der Waals surface area (Å²) in [6, 6.07) is 5.74. The van der Waals surface area contributed by atoms with Gasteiger partial charge in [-0.25, -0.2) is 0 Å². The molecule has 3 heteroatoms. The van der Waals surface area contributed by atoms with Crippen molar-refractivity contribution < 1.29 is 5.11 Å². The minimum atomic E-state index is -0.379. The molecule has 0 bridgehead atoms. The lowest BCUT2D eigenvalue weighted by Gasteiger charge is -2.38. The van der Waals surface area contributed by atoms with E-state index in [9.17, 15) is 5.11 Å². The highest BCUT2D eigenvalue weighted by atomic mass is 16.3. The van der Waals surface area contributed by atoms with Crippen molar-refractivity contribution in [1.29, 1.82) is 0 Å². The lowest BCUT2D eigenvalue weighted by atomic mass is 9.98. The number of likely N-dealkylation sites (tertiary alicyclic amines) is 1. The van der Waals surface area contributed by atoms with Crippen molar-refractivity contribution in [2.45, 2.75) is 51.6 Å². The molecule has 0 amide bonds. The second-order valence-corrected chi connectivity index (χ2v) is 6.07. The van der Waals surface area contributed by atoms with Gasteiger partial charge < -0.3 is 10.8 Å². The van der Waals surface area contributed by atoms with Crippen LogP contribution in [0, 0.1) is 6.92 Å². The zero-order valence-electron chi connectivity index (χ0n) is 12.2. The number of aromatic hydroxyl groups is 1.